The van der Waals surface area contributed by atoms with Gasteiger partial charge in [0.05, 0.1) is 25.6 Å². The second-order valence-corrected chi connectivity index (χ2v) is 6.44. The number of nitrogens with one attached hydrogen (secondary N) is 4. The Balaban J connectivity index is 2.17. The van der Waals surface area contributed by atoms with E-state index in [9.17, 15) is 9.59 Å². The molecule has 2 aromatic rings. The lowest BCUT2D eigenvalue weighted by atomic mass is 10.2. The molecule has 0 heterocycles. The van der Waals surface area contributed by atoms with E-state index < -0.39 is 12.2 Å². The number of rotatable bonds is 5. The van der Waals surface area contributed by atoms with Gasteiger partial charge in [0.25, 0.3) is 0 Å². The van der Waals surface area contributed by atoms with Crippen LogP contribution < -0.4 is 26.0 Å². The minimum absolute atomic E-state index is 0.00282. The Morgan fingerprint density at radius 1 is 0.833 bits per heavy atom. The van der Waals surface area contributed by atoms with Crippen LogP contribution in [0, 0.1) is 0 Å². The summed E-state index contributed by atoms with van der Waals surface area (Å²) < 4.78 is 14.8. The fraction of sp³-hybridized carbons (Fsp3) is 0.158. The van der Waals surface area contributed by atoms with Gasteiger partial charge in [-0.2, -0.15) is 0 Å². The molecular weight excluding hydrogens is 428 g/mol. The van der Waals surface area contributed by atoms with E-state index in [0.717, 1.165) is 5.56 Å². The van der Waals surface area contributed by atoms with Crippen molar-refractivity contribution in [1.82, 2.24) is 10.6 Å². The van der Waals surface area contributed by atoms with Crippen molar-refractivity contribution in [3.63, 3.8) is 0 Å². The van der Waals surface area contributed by atoms with Crippen LogP contribution in [-0.4, -0.2) is 36.6 Å². The summed E-state index contributed by atoms with van der Waals surface area (Å²) in [5, 5.41) is 10.4. The third-order valence-electron chi connectivity index (χ3n) is 3.54. The molecule has 30 heavy (non-hydrogen) atoms. The molecule has 0 atom stereocenters. The molecule has 4 N–H and O–H groups in total. The molecule has 0 radical (unpaired) electrons. The quantitative estimate of drug-likeness (QED) is 0.512. The predicted octanol–water partition coefficient (Wildman–Crippen LogP) is 3.37. The van der Waals surface area contributed by atoms with Crippen molar-refractivity contribution in [2.75, 3.05) is 24.9 Å². The number of carbonyl (C=O) groups excluding carboxylic acids is 2. The molecule has 2 rings (SSSR count). The highest BCUT2D eigenvalue weighted by molar-refractivity contribution is 7.80. The lowest BCUT2D eigenvalue weighted by Gasteiger charge is -2.17. The minimum atomic E-state index is -0.721. The van der Waals surface area contributed by atoms with E-state index in [1.165, 1.54) is 14.2 Å². The van der Waals surface area contributed by atoms with Crippen molar-refractivity contribution >= 4 is 58.2 Å². The predicted molar refractivity (Wildman–Crippen MR) is 121 cm³/mol. The Morgan fingerprint density at radius 3 is 1.97 bits per heavy atom. The highest BCUT2D eigenvalue weighted by Gasteiger charge is 2.12. The third-order valence-corrected chi connectivity index (χ3v) is 3.95. The number of thiocarbonyl (C=S) groups is 2. The standard InChI is InChI=1S/C19H20N4O5S2/c1-26-18(24)22-16(29)20-14-9-8-13(28-11-12-6-4-3-5-7-12)10-15(14)21-17(30)23-19(25)27-2/h3-10H,11H2,1-2H3,(H2,20,22,24,29)(H2,21,23,25,30). The summed E-state index contributed by atoms with van der Waals surface area (Å²) in [5.41, 5.74) is 1.91. The van der Waals surface area contributed by atoms with Crippen molar-refractivity contribution in [3.8, 4) is 5.75 Å². The first-order chi connectivity index (χ1) is 14.4. The van der Waals surface area contributed by atoms with Crippen LogP contribution >= 0.6 is 24.4 Å². The van der Waals surface area contributed by atoms with Gasteiger partial charge in [0.2, 0.25) is 0 Å². The number of hydrogen-bond acceptors (Lipinski definition) is 7. The molecule has 2 amide bonds. The number of ether oxygens (including phenoxy) is 3. The molecule has 0 fully saturated rings. The first-order valence-electron chi connectivity index (χ1n) is 8.54. The van der Waals surface area contributed by atoms with Crippen LogP contribution in [0.1, 0.15) is 5.56 Å². The maximum Gasteiger partial charge on any atom is 0.413 e. The van der Waals surface area contributed by atoms with E-state index >= 15 is 0 Å². The molecule has 0 spiro atoms. The van der Waals surface area contributed by atoms with E-state index in [-0.39, 0.29) is 10.2 Å². The van der Waals surface area contributed by atoms with Crippen molar-refractivity contribution in [2.45, 2.75) is 6.61 Å². The maximum atomic E-state index is 11.4. The number of carbonyl (C=O) groups is 2. The summed E-state index contributed by atoms with van der Waals surface area (Å²) in [7, 11) is 2.45. The van der Waals surface area contributed by atoms with Crippen LogP contribution in [0.3, 0.4) is 0 Å². The fourth-order valence-electron chi connectivity index (χ4n) is 2.16. The Morgan fingerprint density at radius 2 is 1.40 bits per heavy atom. The van der Waals surface area contributed by atoms with E-state index in [4.69, 9.17) is 29.2 Å². The molecule has 158 valence electrons. The first-order valence-corrected chi connectivity index (χ1v) is 9.35. The number of hydrogen-bond donors (Lipinski definition) is 4. The van der Waals surface area contributed by atoms with Crippen LogP contribution in [0.15, 0.2) is 48.5 Å². The Labute approximate surface area is 184 Å². The van der Waals surface area contributed by atoms with Crippen LogP contribution in [0.2, 0.25) is 0 Å². The van der Waals surface area contributed by atoms with Gasteiger partial charge in [0.1, 0.15) is 12.4 Å². The average molecular weight is 449 g/mol. The lowest BCUT2D eigenvalue weighted by molar-refractivity contribution is 0.176. The number of alkyl carbamates (subject to hydrolysis) is 2. The smallest absolute Gasteiger partial charge is 0.413 e. The molecule has 0 saturated heterocycles. The summed E-state index contributed by atoms with van der Waals surface area (Å²) in [5.74, 6) is 0.541. The largest absolute Gasteiger partial charge is 0.489 e. The van der Waals surface area contributed by atoms with E-state index in [1.807, 2.05) is 30.3 Å². The van der Waals surface area contributed by atoms with Gasteiger partial charge in [-0.3, -0.25) is 10.6 Å². The molecule has 9 nitrogen and oxygen atoms in total. The van der Waals surface area contributed by atoms with Gasteiger partial charge in [0.15, 0.2) is 10.2 Å². The van der Waals surface area contributed by atoms with E-state index in [0.29, 0.717) is 23.7 Å². The van der Waals surface area contributed by atoms with E-state index in [2.05, 4.69) is 30.7 Å². The number of anilines is 2. The van der Waals surface area contributed by atoms with Crippen LogP contribution in [0.5, 0.6) is 5.75 Å². The van der Waals surface area contributed by atoms with Crippen molar-refractivity contribution in [2.24, 2.45) is 0 Å². The fourth-order valence-corrected chi connectivity index (χ4v) is 2.55. The van der Waals surface area contributed by atoms with Gasteiger partial charge >= 0.3 is 12.2 Å². The molecule has 11 heteroatoms. The molecule has 2 aromatic carbocycles. The number of amides is 2. The zero-order valence-corrected chi connectivity index (χ0v) is 17.8. The summed E-state index contributed by atoms with van der Waals surface area (Å²) >= 11 is 10.2. The SMILES string of the molecule is COC(=O)NC(=S)Nc1ccc(OCc2ccccc2)cc1NC(=S)NC(=O)OC. The second kappa shape index (κ2) is 11.5. The normalized spacial score (nSPS) is 9.67. The topological polar surface area (TPSA) is 110 Å². The van der Waals surface area contributed by atoms with Crippen LogP contribution in [-0.2, 0) is 16.1 Å². The molecule has 0 unspecified atom stereocenters. The Bertz CT molecular complexity index is 924. The summed E-state index contributed by atoms with van der Waals surface area (Å²) in [6.45, 7) is 0.361. The second-order valence-electron chi connectivity index (χ2n) is 5.62. The molecule has 0 aliphatic rings. The summed E-state index contributed by atoms with van der Waals surface area (Å²) in [6.07, 6.45) is -1.44. The zero-order valence-electron chi connectivity index (χ0n) is 16.2. The first kappa shape index (κ1) is 22.8. The number of methoxy groups -OCH3 is 2. The maximum absolute atomic E-state index is 11.4. The monoisotopic (exact) mass is 448 g/mol. The van der Waals surface area contributed by atoms with Crippen LogP contribution in [0.25, 0.3) is 0 Å². The van der Waals surface area contributed by atoms with Gasteiger partial charge in [-0.05, 0) is 42.1 Å². The van der Waals surface area contributed by atoms with Gasteiger partial charge in [-0.15, -0.1) is 0 Å². The molecule has 0 aliphatic heterocycles. The van der Waals surface area contributed by atoms with E-state index in [1.54, 1.807) is 18.2 Å². The van der Waals surface area contributed by atoms with Crippen molar-refractivity contribution in [1.29, 1.82) is 0 Å². The summed E-state index contributed by atoms with van der Waals surface area (Å²) in [6, 6.07) is 14.7. The van der Waals surface area contributed by atoms with Gasteiger partial charge in [-0.25, -0.2) is 9.59 Å². The van der Waals surface area contributed by atoms with Crippen molar-refractivity contribution < 1.29 is 23.8 Å². The Kier molecular flexibility index (Phi) is 8.78. The molecule has 0 aromatic heterocycles. The van der Waals surface area contributed by atoms with Gasteiger partial charge in [0, 0.05) is 6.07 Å². The molecule has 0 bridgehead atoms. The van der Waals surface area contributed by atoms with Gasteiger partial charge < -0.3 is 24.8 Å². The Hall–Kier alpha value is -3.44. The molecular formula is C19H20N4O5S2. The van der Waals surface area contributed by atoms with Crippen molar-refractivity contribution in [3.05, 3.63) is 54.1 Å². The minimum Gasteiger partial charge on any atom is -0.489 e. The third kappa shape index (κ3) is 7.53. The zero-order chi connectivity index (χ0) is 21.9. The van der Waals surface area contributed by atoms with Gasteiger partial charge in [-0.1, -0.05) is 30.3 Å². The highest BCUT2D eigenvalue weighted by atomic mass is 32.1. The average Bonchev–Trinajstić information content (AvgIpc) is 2.74. The molecule has 0 aliphatic carbocycles. The summed E-state index contributed by atoms with van der Waals surface area (Å²) in [4.78, 5) is 22.7. The lowest BCUT2D eigenvalue weighted by Crippen LogP contribution is -2.35. The van der Waals surface area contributed by atoms with Crippen LogP contribution in [0.4, 0.5) is 21.0 Å². The molecule has 0 saturated carbocycles. The number of benzene rings is 2. The highest BCUT2D eigenvalue weighted by Crippen LogP contribution is 2.28.